The molecule has 1 saturated heterocycles. The average molecular weight is 196 g/mol. The first-order valence-corrected chi connectivity index (χ1v) is 4.78. The lowest BCUT2D eigenvalue weighted by molar-refractivity contribution is 0.579. The second-order valence-electron chi connectivity index (χ2n) is 3.48. The van der Waals surface area contributed by atoms with E-state index in [1.165, 1.54) is 12.1 Å². The van der Waals surface area contributed by atoms with Gasteiger partial charge in [0.15, 0.2) is 0 Å². The molecule has 1 nitrogen and oxygen atoms in total. The number of benzene rings is 1. The van der Waals surface area contributed by atoms with E-state index in [1.807, 2.05) is 4.90 Å². The van der Waals surface area contributed by atoms with Gasteiger partial charge in [-0.3, -0.25) is 0 Å². The zero-order chi connectivity index (χ0) is 9.97. The van der Waals surface area contributed by atoms with Crippen molar-refractivity contribution in [3.8, 4) is 0 Å². The number of hydrogen-bond donors (Lipinski definition) is 0. The predicted octanol–water partition coefficient (Wildman–Crippen LogP) is 2.77. The third kappa shape index (κ3) is 2.03. The minimum absolute atomic E-state index is 0.505. The van der Waals surface area contributed by atoms with Crippen molar-refractivity contribution in [1.29, 1.82) is 0 Å². The van der Waals surface area contributed by atoms with E-state index in [4.69, 9.17) is 0 Å². The molecule has 0 atom stereocenters. The highest BCUT2D eigenvalue weighted by Gasteiger charge is 2.12. The molecular formula is C11H12F2N. The van der Waals surface area contributed by atoms with Crippen molar-refractivity contribution >= 4 is 5.69 Å². The molecule has 0 bridgehead atoms. The molecule has 1 heterocycles. The normalized spacial score (nSPS) is 17.1. The van der Waals surface area contributed by atoms with Gasteiger partial charge in [0.2, 0.25) is 0 Å². The fraction of sp³-hybridized carbons (Fsp3) is 0.364. The quantitative estimate of drug-likeness (QED) is 0.667. The summed E-state index contributed by atoms with van der Waals surface area (Å²) in [6.45, 7) is 1.70. The van der Waals surface area contributed by atoms with Crippen LogP contribution in [0, 0.1) is 18.1 Å². The first-order valence-electron chi connectivity index (χ1n) is 4.78. The fourth-order valence-electron chi connectivity index (χ4n) is 1.73. The van der Waals surface area contributed by atoms with Crippen LogP contribution in [0.4, 0.5) is 14.5 Å². The Morgan fingerprint density at radius 3 is 2.07 bits per heavy atom. The first-order chi connectivity index (χ1) is 6.75. The molecule has 1 aliphatic heterocycles. The summed E-state index contributed by atoms with van der Waals surface area (Å²) in [4.78, 5) is 2.01. The molecule has 1 aliphatic rings. The van der Waals surface area contributed by atoms with Crippen molar-refractivity contribution in [3.05, 3.63) is 36.3 Å². The molecule has 0 spiro atoms. The van der Waals surface area contributed by atoms with Crippen LogP contribution in [-0.2, 0) is 0 Å². The summed E-state index contributed by atoms with van der Waals surface area (Å²) in [5.74, 6) is -1.01. The van der Waals surface area contributed by atoms with E-state index in [-0.39, 0.29) is 0 Å². The SMILES string of the molecule is Fc1cc(F)cc(N2CC[CH]CC2)c1. The van der Waals surface area contributed by atoms with E-state index in [2.05, 4.69) is 6.42 Å². The van der Waals surface area contributed by atoms with Gasteiger partial charge in [0.1, 0.15) is 11.6 Å². The van der Waals surface area contributed by atoms with Crippen LogP contribution in [0.25, 0.3) is 0 Å². The van der Waals surface area contributed by atoms with Crippen molar-refractivity contribution in [2.75, 3.05) is 18.0 Å². The van der Waals surface area contributed by atoms with Gasteiger partial charge < -0.3 is 4.90 Å². The second kappa shape index (κ2) is 3.95. The number of piperidine rings is 1. The number of hydrogen-bond acceptors (Lipinski definition) is 1. The standard InChI is InChI=1S/C11H12F2N/c12-9-6-10(13)8-11(7-9)14-4-2-1-3-5-14/h1,6-8H,2-5H2. The highest BCUT2D eigenvalue weighted by Crippen LogP contribution is 2.21. The smallest absolute Gasteiger partial charge is 0.128 e. The molecule has 1 fully saturated rings. The molecule has 1 aromatic rings. The van der Waals surface area contributed by atoms with E-state index in [1.54, 1.807) is 0 Å². The van der Waals surface area contributed by atoms with Crippen LogP contribution in [-0.4, -0.2) is 13.1 Å². The monoisotopic (exact) mass is 196 g/mol. The second-order valence-corrected chi connectivity index (χ2v) is 3.48. The lowest BCUT2D eigenvalue weighted by Crippen LogP contribution is -2.29. The summed E-state index contributed by atoms with van der Waals surface area (Å²) >= 11 is 0. The van der Waals surface area contributed by atoms with Gasteiger partial charge >= 0.3 is 0 Å². The van der Waals surface area contributed by atoms with Crippen LogP contribution in [0.1, 0.15) is 12.8 Å². The summed E-state index contributed by atoms with van der Waals surface area (Å²) in [5.41, 5.74) is 0.649. The van der Waals surface area contributed by atoms with Crippen molar-refractivity contribution in [1.82, 2.24) is 0 Å². The maximum absolute atomic E-state index is 12.9. The maximum Gasteiger partial charge on any atom is 0.128 e. The molecule has 75 valence electrons. The molecular weight excluding hydrogens is 184 g/mol. The highest BCUT2D eigenvalue weighted by atomic mass is 19.1. The Balaban J connectivity index is 2.21. The zero-order valence-corrected chi connectivity index (χ0v) is 7.84. The lowest BCUT2D eigenvalue weighted by atomic mass is 10.1. The van der Waals surface area contributed by atoms with Crippen LogP contribution in [0.5, 0.6) is 0 Å². The summed E-state index contributed by atoms with van der Waals surface area (Å²) in [6, 6.07) is 3.67. The molecule has 2 rings (SSSR count). The van der Waals surface area contributed by atoms with E-state index >= 15 is 0 Å². The molecule has 0 N–H and O–H groups in total. The van der Waals surface area contributed by atoms with Crippen molar-refractivity contribution in [2.45, 2.75) is 12.8 Å². The van der Waals surface area contributed by atoms with Gasteiger partial charge in [0.05, 0.1) is 0 Å². The Labute approximate surface area is 82.3 Å². The Hall–Kier alpha value is -1.12. The number of rotatable bonds is 1. The van der Waals surface area contributed by atoms with Gasteiger partial charge in [0, 0.05) is 24.8 Å². The van der Waals surface area contributed by atoms with Gasteiger partial charge in [-0.25, -0.2) is 8.78 Å². The average Bonchev–Trinajstić information content (AvgIpc) is 2.18. The third-order valence-electron chi connectivity index (χ3n) is 2.42. The molecule has 0 aromatic heterocycles. The summed E-state index contributed by atoms with van der Waals surface area (Å²) in [7, 11) is 0. The van der Waals surface area contributed by atoms with E-state index in [9.17, 15) is 8.78 Å². The minimum Gasteiger partial charge on any atom is -0.371 e. The maximum atomic E-state index is 12.9. The van der Waals surface area contributed by atoms with Crippen LogP contribution in [0.15, 0.2) is 18.2 Å². The Morgan fingerprint density at radius 2 is 1.50 bits per heavy atom. The Bertz CT molecular complexity index is 299. The molecule has 3 heteroatoms. The molecule has 0 aliphatic carbocycles. The number of halogens is 2. The summed E-state index contributed by atoms with van der Waals surface area (Å²) < 4.78 is 25.8. The van der Waals surface area contributed by atoms with Crippen LogP contribution >= 0.6 is 0 Å². The summed E-state index contributed by atoms with van der Waals surface area (Å²) in [5, 5.41) is 0. The Kier molecular flexibility index (Phi) is 2.66. The van der Waals surface area contributed by atoms with Crippen LogP contribution < -0.4 is 4.90 Å². The van der Waals surface area contributed by atoms with Crippen LogP contribution in [0.3, 0.4) is 0 Å². The van der Waals surface area contributed by atoms with E-state index in [0.717, 1.165) is 32.0 Å². The largest absolute Gasteiger partial charge is 0.371 e. The lowest BCUT2D eigenvalue weighted by Gasteiger charge is -2.28. The zero-order valence-electron chi connectivity index (χ0n) is 7.84. The van der Waals surface area contributed by atoms with Gasteiger partial charge in [0.25, 0.3) is 0 Å². The molecule has 1 aromatic carbocycles. The predicted molar refractivity (Wildman–Crippen MR) is 52.1 cm³/mol. The number of anilines is 1. The van der Waals surface area contributed by atoms with Gasteiger partial charge in [-0.05, 0) is 31.4 Å². The van der Waals surface area contributed by atoms with E-state index in [0.29, 0.717) is 5.69 Å². The highest BCUT2D eigenvalue weighted by molar-refractivity contribution is 5.47. The molecule has 0 amide bonds. The van der Waals surface area contributed by atoms with Crippen LogP contribution in [0.2, 0.25) is 0 Å². The Morgan fingerprint density at radius 1 is 0.929 bits per heavy atom. The van der Waals surface area contributed by atoms with Crippen molar-refractivity contribution in [2.24, 2.45) is 0 Å². The number of nitrogens with zero attached hydrogens (tertiary/aromatic N) is 1. The van der Waals surface area contributed by atoms with E-state index < -0.39 is 11.6 Å². The summed E-state index contributed by atoms with van der Waals surface area (Å²) in [6.07, 6.45) is 4.17. The van der Waals surface area contributed by atoms with Crippen molar-refractivity contribution < 1.29 is 8.78 Å². The van der Waals surface area contributed by atoms with Crippen molar-refractivity contribution in [3.63, 3.8) is 0 Å². The third-order valence-corrected chi connectivity index (χ3v) is 2.42. The van der Waals surface area contributed by atoms with Gasteiger partial charge in [-0.15, -0.1) is 0 Å². The fourth-order valence-corrected chi connectivity index (χ4v) is 1.73. The van der Waals surface area contributed by atoms with Gasteiger partial charge in [-0.1, -0.05) is 0 Å². The molecule has 1 radical (unpaired) electrons. The minimum atomic E-state index is -0.505. The molecule has 0 unspecified atom stereocenters. The first kappa shape index (κ1) is 9.44. The van der Waals surface area contributed by atoms with Gasteiger partial charge in [-0.2, -0.15) is 0 Å². The molecule has 0 saturated carbocycles. The topological polar surface area (TPSA) is 3.24 Å². The molecule has 14 heavy (non-hydrogen) atoms.